The molecule has 3 aromatic heterocycles. The molecule has 0 aliphatic rings. The van der Waals surface area contributed by atoms with Crippen molar-refractivity contribution in [2.75, 3.05) is 0 Å². The number of fused-ring (bicyclic) bond motifs is 4. The maximum atomic E-state index is 13.3. The van der Waals surface area contributed by atoms with Gasteiger partial charge in [0.15, 0.2) is 0 Å². The van der Waals surface area contributed by atoms with Crippen LogP contribution in [0.25, 0.3) is 49.5 Å². The van der Waals surface area contributed by atoms with E-state index in [2.05, 4.69) is 15.0 Å². The van der Waals surface area contributed by atoms with Crippen LogP contribution in [0.3, 0.4) is 0 Å². The largest absolute Gasteiger partial charge is 0.382 e. The third kappa shape index (κ3) is 3.36. The molecule has 0 unspecified atom stereocenters. The molecule has 9 heteroatoms. The molecule has 0 bridgehead atoms. The number of aromatic amines is 1. The van der Waals surface area contributed by atoms with E-state index in [0.29, 0.717) is 38.9 Å². The lowest BCUT2D eigenvalue weighted by molar-refractivity contribution is 0.100. The number of H-pyrrole nitrogens is 1. The summed E-state index contributed by atoms with van der Waals surface area (Å²) >= 11 is 0. The lowest BCUT2D eigenvalue weighted by Gasteiger charge is -2.15. The monoisotopic (exact) mass is 487 g/mol. The minimum Gasteiger partial charge on any atom is -0.382 e. The first-order valence-electron chi connectivity index (χ1n) is 11.5. The number of carbonyl (C=O) groups is 1. The van der Waals surface area contributed by atoms with Crippen molar-refractivity contribution < 1.29 is 4.79 Å². The van der Waals surface area contributed by atoms with Crippen LogP contribution in [0.2, 0.25) is 0 Å². The number of hydrogen-bond donors (Lipinski definition) is 4. The van der Waals surface area contributed by atoms with Gasteiger partial charge in [0, 0.05) is 10.8 Å². The maximum Gasteiger partial charge on any atom is 0.265 e. The smallest absolute Gasteiger partial charge is 0.265 e. The van der Waals surface area contributed by atoms with Crippen LogP contribution < -0.4 is 17.0 Å². The van der Waals surface area contributed by atoms with Crippen molar-refractivity contribution in [1.82, 2.24) is 19.5 Å². The first-order chi connectivity index (χ1) is 17.8. The Morgan fingerprint density at radius 1 is 0.973 bits per heavy atom. The Hall–Kier alpha value is -5.31. The quantitative estimate of drug-likeness (QED) is 0.220. The van der Waals surface area contributed by atoms with E-state index in [0.717, 1.165) is 27.5 Å². The second-order valence-corrected chi connectivity index (χ2v) is 8.82. The fourth-order valence-electron chi connectivity index (χ4n) is 4.90. The van der Waals surface area contributed by atoms with E-state index in [9.17, 15) is 9.59 Å². The normalized spacial score (nSPS) is 11.4. The summed E-state index contributed by atoms with van der Waals surface area (Å²) in [7, 11) is 0. The molecule has 0 saturated carbocycles. The van der Waals surface area contributed by atoms with Gasteiger partial charge in [0.25, 0.3) is 11.5 Å². The molecule has 3 aromatic carbocycles. The van der Waals surface area contributed by atoms with Gasteiger partial charge in [-0.25, -0.2) is 4.98 Å². The summed E-state index contributed by atoms with van der Waals surface area (Å²) in [6.45, 7) is 1.94. The maximum absolute atomic E-state index is 13.3. The van der Waals surface area contributed by atoms with Crippen molar-refractivity contribution >= 4 is 44.5 Å². The molecule has 6 aromatic rings. The lowest BCUT2D eigenvalue weighted by atomic mass is 9.93. The Labute approximate surface area is 209 Å². The SMILES string of the molecule is Cc1c(-c2ccc(C(N)=O)c3[nH]c4cnc(C(=N)N)cc4c23)cccc1-n1cnc2ccccc2c1=O. The first-order valence-corrected chi connectivity index (χ1v) is 11.5. The van der Waals surface area contributed by atoms with Gasteiger partial charge in [0.1, 0.15) is 17.9 Å². The van der Waals surface area contributed by atoms with Crippen LogP contribution in [0.1, 0.15) is 21.6 Å². The predicted octanol–water partition coefficient (Wildman–Crippen LogP) is 3.77. The summed E-state index contributed by atoms with van der Waals surface area (Å²) in [5.41, 5.74) is 17.0. The van der Waals surface area contributed by atoms with Gasteiger partial charge in [0.2, 0.25) is 0 Å². The molecular formula is C28H21N7O2. The zero-order valence-corrected chi connectivity index (χ0v) is 19.7. The van der Waals surface area contributed by atoms with Gasteiger partial charge in [-0.2, -0.15) is 0 Å². The number of primary amides is 1. The van der Waals surface area contributed by atoms with Gasteiger partial charge in [-0.15, -0.1) is 0 Å². The number of pyridine rings is 1. The van der Waals surface area contributed by atoms with E-state index in [4.69, 9.17) is 16.9 Å². The van der Waals surface area contributed by atoms with E-state index in [1.807, 2.05) is 49.4 Å². The van der Waals surface area contributed by atoms with Crippen molar-refractivity contribution in [1.29, 1.82) is 5.41 Å². The minimum atomic E-state index is -0.567. The standard InChI is InChI=1S/C28H21N7O2/c1-14-15(6-4-8-23(14)35-13-33-20-7-3-2-5-17(20)28(35)37)16-9-10-18(27(31)36)25-24(16)19-11-21(26(29)30)32-12-22(19)34-25/h2-13,34H,1H3,(H3,29,30)(H2,31,36). The summed E-state index contributed by atoms with van der Waals surface area (Å²) in [5.74, 6) is -0.729. The number of rotatable bonds is 4. The average Bonchev–Trinajstić information content (AvgIpc) is 3.28. The van der Waals surface area contributed by atoms with Crippen LogP contribution in [0.15, 0.2) is 78.0 Å². The third-order valence-corrected chi connectivity index (χ3v) is 6.70. The summed E-state index contributed by atoms with van der Waals surface area (Å²) in [6, 6.07) is 18.2. The molecule has 180 valence electrons. The van der Waals surface area contributed by atoms with Crippen molar-refractivity contribution in [3.63, 3.8) is 0 Å². The van der Waals surface area contributed by atoms with E-state index in [1.54, 1.807) is 35.3 Å². The predicted molar refractivity (Wildman–Crippen MR) is 144 cm³/mol. The molecular weight excluding hydrogens is 466 g/mol. The number of amides is 1. The van der Waals surface area contributed by atoms with E-state index in [1.165, 1.54) is 0 Å². The van der Waals surface area contributed by atoms with E-state index < -0.39 is 5.91 Å². The van der Waals surface area contributed by atoms with E-state index >= 15 is 0 Å². The Kier molecular flexibility index (Phi) is 4.87. The summed E-state index contributed by atoms with van der Waals surface area (Å²) in [5, 5.41) is 9.86. The lowest BCUT2D eigenvalue weighted by Crippen LogP contribution is -2.19. The topological polar surface area (TPSA) is 157 Å². The highest BCUT2D eigenvalue weighted by atomic mass is 16.1. The number of nitrogens with two attached hydrogens (primary N) is 2. The van der Waals surface area contributed by atoms with Gasteiger partial charge >= 0.3 is 0 Å². The van der Waals surface area contributed by atoms with Gasteiger partial charge in [-0.05, 0) is 53.9 Å². The number of nitrogen functional groups attached to an aromatic ring is 1. The van der Waals surface area contributed by atoms with Crippen LogP contribution in [0.5, 0.6) is 0 Å². The van der Waals surface area contributed by atoms with Crippen LogP contribution in [-0.4, -0.2) is 31.3 Å². The average molecular weight is 488 g/mol. The number of nitrogens with zero attached hydrogens (tertiary/aromatic N) is 3. The molecule has 0 radical (unpaired) electrons. The Morgan fingerprint density at radius 2 is 1.78 bits per heavy atom. The van der Waals surface area contributed by atoms with Crippen LogP contribution in [0.4, 0.5) is 0 Å². The van der Waals surface area contributed by atoms with Gasteiger partial charge < -0.3 is 16.5 Å². The summed E-state index contributed by atoms with van der Waals surface area (Å²) in [6.07, 6.45) is 3.13. The van der Waals surface area contributed by atoms with E-state index in [-0.39, 0.29) is 11.4 Å². The van der Waals surface area contributed by atoms with Crippen LogP contribution >= 0.6 is 0 Å². The molecule has 0 saturated heterocycles. The number of nitrogens with one attached hydrogen (secondary N) is 2. The van der Waals surface area contributed by atoms with Gasteiger partial charge in [-0.3, -0.25) is 24.5 Å². The fourth-order valence-corrected chi connectivity index (χ4v) is 4.90. The Morgan fingerprint density at radius 3 is 2.57 bits per heavy atom. The number of para-hydroxylation sites is 1. The van der Waals surface area contributed by atoms with Crippen LogP contribution in [0, 0.1) is 12.3 Å². The zero-order valence-electron chi connectivity index (χ0n) is 19.7. The molecule has 0 aliphatic carbocycles. The van der Waals surface area contributed by atoms with Gasteiger partial charge in [0.05, 0.1) is 39.4 Å². The third-order valence-electron chi connectivity index (χ3n) is 6.70. The highest BCUT2D eigenvalue weighted by Crippen LogP contribution is 2.38. The number of carbonyl (C=O) groups excluding carboxylic acids is 1. The number of hydrogen-bond acceptors (Lipinski definition) is 5. The first kappa shape index (κ1) is 22.2. The molecule has 6 rings (SSSR count). The molecule has 0 spiro atoms. The fraction of sp³-hybridized carbons (Fsp3) is 0.0357. The van der Waals surface area contributed by atoms with Crippen molar-refractivity contribution in [2.24, 2.45) is 11.5 Å². The highest BCUT2D eigenvalue weighted by Gasteiger charge is 2.20. The highest BCUT2D eigenvalue weighted by molar-refractivity contribution is 6.20. The number of benzene rings is 3. The molecule has 0 fully saturated rings. The second kappa shape index (κ2) is 8.13. The minimum absolute atomic E-state index is 0.162. The molecule has 3 heterocycles. The number of amidine groups is 1. The molecule has 0 aliphatic heterocycles. The summed E-state index contributed by atoms with van der Waals surface area (Å²) in [4.78, 5) is 37.5. The Bertz CT molecular complexity index is 1980. The van der Waals surface area contributed by atoms with Gasteiger partial charge in [-0.1, -0.05) is 30.3 Å². The zero-order chi connectivity index (χ0) is 25.8. The molecule has 6 N–H and O–H groups in total. The van der Waals surface area contributed by atoms with Crippen LogP contribution in [-0.2, 0) is 0 Å². The van der Waals surface area contributed by atoms with Crippen molar-refractivity contribution in [2.45, 2.75) is 6.92 Å². The van der Waals surface area contributed by atoms with Crippen molar-refractivity contribution in [3.05, 3.63) is 100 Å². The summed E-state index contributed by atoms with van der Waals surface area (Å²) < 4.78 is 1.54. The second-order valence-electron chi connectivity index (χ2n) is 8.82. The number of aromatic nitrogens is 4. The molecule has 37 heavy (non-hydrogen) atoms. The Balaban J connectivity index is 1.66. The molecule has 0 atom stereocenters. The molecule has 9 nitrogen and oxygen atoms in total. The molecule has 1 amide bonds. The van der Waals surface area contributed by atoms with Crippen molar-refractivity contribution in [3.8, 4) is 16.8 Å².